The molecule has 1 aliphatic rings. The summed E-state index contributed by atoms with van der Waals surface area (Å²) < 4.78 is 1.59. The molecule has 1 fully saturated rings. The average molecular weight is 241 g/mol. The fraction of sp³-hybridized carbons (Fsp3) is 0.286. The molecule has 18 heavy (non-hydrogen) atoms. The zero-order valence-electron chi connectivity index (χ0n) is 10.3. The van der Waals surface area contributed by atoms with Gasteiger partial charge in [0.05, 0.1) is 5.54 Å². The van der Waals surface area contributed by atoms with Crippen LogP contribution in [0.15, 0.2) is 42.6 Å². The molecule has 92 valence electrons. The maximum Gasteiger partial charge on any atom is 0.270 e. The third kappa shape index (κ3) is 1.79. The molecule has 0 unspecified atom stereocenters. The Hall–Kier alpha value is -2.10. The largest absolute Gasteiger partial charge is 0.341 e. The van der Waals surface area contributed by atoms with Gasteiger partial charge in [-0.2, -0.15) is 5.10 Å². The van der Waals surface area contributed by atoms with Crippen LogP contribution in [0.3, 0.4) is 0 Å². The van der Waals surface area contributed by atoms with Crippen LogP contribution in [0.25, 0.3) is 0 Å². The van der Waals surface area contributed by atoms with Crippen molar-refractivity contribution in [1.29, 1.82) is 0 Å². The maximum atomic E-state index is 12.2. The molecule has 4 heteroatoms. The van der Waals surface area contributed by atoms with Crippen molar-refractivity contribution in [3.63, 3.8) is 0 Å². The van der Waals surface area contributed by atoms with Crippen LogP contribution < -0.4 is 5.32 Å². The summed E-state index contributed by atoms with van der Waals surface area (Å²) in [4.78, 5) is 12.2. The van der Waals surface area contributed by atoms with Crippen LogP contribution in [-0.4, -0.2) is 15.7 Å². The molecule has 0 bridgehead atoms. The van der Waals surface area contributed by atoms with E-state index < -0.39 is 0 Å². The number of aryl methyl sites for hydroxylation is 1. The topological polar surface area (TPSA) is 46.9 Å². The highest BCUT2D eigenvalue weighted by Gasteiger charge is 2.45. The average Bonchev–Trinajstić information content (AvgIpc) is 3.04. The number of nitrogens with one attached hydrogen (secondary N) is 1. The predicted molar refractivity (Wildman–Crippen MR) is 68.0 cm³/mol. The normalized spacial score (nSPS) is 16.3. The van der Waals surface area contributed by atoms with E-state index in [1.54, 1.807) is 24.0 Å². The molecular weight excluding hydrogens is 226 g/mol. The molecule has 1 aliphatic carbocycles. The summed E-state index contributed by atoms with van der Waals surface area (Å²) in [5, 5.41) is 7.14. The summed E-state index contributed by atoms with van der Waals surface area (Å²) in [6.45, 7) is 0. The highest BCUT2D eigenvalue weighted by atomic mass is 16.2. The quantitative estimate of drug-likeness (QED) is 0.891. The van der Waals surface area contributed by atoms with Crippen molar-refractivity contribution in [2.24, 2.45) is 7.05 Å². The second kappa shape index (κ2) is 3.98. The fourth-order valence-corrected chi connectivity index (χ4v) is 2.25. The zero-order chi connectivity index (χ0) is 12.6. The highest BCUT2D eigenvalue weighted by molar-refractivity contribution is 5.93. The van der Waals surface area contributed by atoms with Crippen molar-refractivity contribution in [2.75, 3.05) is 0 Å². The molecular formula is C14H15N3O. The Balaban J connectivity index is 1.82. The van der Waals surface area contributed by atoms with Gasteiger partial charge in [0, 0.05) is 13.2 Å². The minimum atomic E-state index is -0.164. The molecule has 1 heterocycles. The van der Waals surface area contributed by atoms with Gasteiger partial charge in [0.1, 0.15) is 5.69 Å². The molecule has 0 spiro atoms. The van der Waals surface area contributed by atoms with Crippen molar-refractivity contribution < 1.29 is 4.79 Å². The molecule has 1 aromatic carbocycles. The molecule has 4 nitrogen and oxygen atoms in total. The lowest BCUT2D eigenvalue weighted by Gasteiger charge is -2.17. The third-order valence-electron chi connectivity index (χ3n) is 3.48. The maximum absolute atomic E-state index is 12.2. The van der Waals surface area contributed by atoms with Gasteiger partial charge in [0.25, 0.3) is 5.91 Å². The van der Waals surface area contributed by atoms with Crippen LogP contribution in [0.4, 0.5) is 0 Å². The van der Waals surface area contributed by atoms with E-state index in [-0.39, 0.29) is 11.4 Å². The Morgan fingerprint density at radius 2 is 2.00 bits per heavy atom. The third-order valence-corrected chi connectivity index (χ3v) is 3.48. The first-order chi connectivity index (χ1) is 8.71. The van der Waals surface area contributed by atoms with Crippen molar-refractivity contribution in [3.05, 3.63) is 53.9 Å². The Bertz CT molecular complexity index is 570. The standard InChI is InChI=1S/C14H15N3O/c1-17-12(7-10-15-17)13(18)16-14(8-9-14)11-5-3-2-4-6-11/h2-7,10H,8-9H2,1H3,(H,16,18). The zero-order valence-corrected chi connectivity index (χ0v) is 10.3. The molecule has 0 radical (unpaired) electrons. The smallest absolute Gasteiger partial charge is 0.270 e. The van der Waals surface area contributed by atoms with E-state index >= 15 is 0 Å². The van der Waals surface area contributed by atoms with E-state index in [1.165, 1.54) is 5.56 Å². The Morgan fingerprint density at radius 3 is 2.56 bits per heavy atom. The minimum Gasteiger partial charge on any atom is -0.341 e. The van der Waals surface area contributed by atoms with Crippen molar-refractivity contribution >= 4 is 5.91 Å². The molecule has 1 amide bonds. The first-order valence-electron chi connectivity index (χ1n) is 6.07. The van der Waals surface area contributed by atoms with Crippen molar-refractivity contribution in [3.8, 4) is 0 Å². The number of hydrogen-bond donors (Lipinski definition) is 1. The molecule has 0 saturated heterocycles. The monoisotopic (exact) mass is 241 g/mol. The lowest BCUT2D eigenvalue weighted by atomic mass is 10.0. The van der Waals surface area contributed by atoms with E-state index in [0.29, 0.717) is 5.69 Å². The summed E-state index contributed by atoms with van der Waals surface area (Å²) in [5.74, 6) is -0.0589. The number of carbonyl (C=O) groups excluding carboxylic acids is 1. The van der Waals surface area contributed by atoms with E-state index in [9.17, 15) is 4.79 Å². The van der Waals surface area contributed by atoms with Gasteiger partial charge in [0.2, 0.25) is 0 Å². The summed E-state index contributed by atoms with van der Waals surface area (Å²) >= 11 is 0. The second-order valence-electron chi connectivity index (χ2n) is 4.74. The van der Waals surface area contributed by atoms with Crippen LogP contribution in [0.2, 0.25) is 0 Å². The number of rotatable bonds is 3. The number of nitrogens with zero attached hydrogens (tertiary/aromatic N) is 2. The van der Waals surface area contributed by atoms with Gasteiger partial charge in [-0.15, -0.1) is 0 Å². The lowest BCUT2D eigenvalue weighted by Crippen LogP contribution is -2.35. The second-order valence-corrected chi connectivity index (χ2v) is 4.74. The number of amides is 1. The van der Waals surface area contributed by atoms with Crippen LogP contribution >= 0.6 is 0 Å². The Kier molecular flexibility index (Phi) is 2.44. The van der Waals surface area contributed by atoms with Gasteiger partial charge < -0.3 is 5.32 Å². The SMILES string of the molecule is Cn1nccc1C(=O)NC1(c2ccccc2)CC1. The Labute approximate surface area is 106 Å². The summed E-state index contributed by atoms with van der Waals surface area (Å²) in [5.41, 5.74) is 1.61. The molecule has 1 saturated carbocycles. The first-order valence-corrected chi connectivity index (χ1v) is 6.07. The molecule has 2 aromatic rings. The van der Waals surface area contributed by atoms with Gasteiger partial charge in [-0.05, 0) is 24.5 Å². The fourth-order valence-electron chi connectivity index (χ4n) is 2.25. The summed E-state index contributed by atoms with van der Waals surface area (Å²) in [7, 11) is 1.77. The van der Waals surface area contributed by atoms with Crippen LogP contribution in [0.1, 0.15) is 28.9 Å². The van der Waals surface area contributed by atoms with E-state index in [1.807, 2.05) is 18.2 Å². The molecule has 3 rings (SSSR count). The highest BCUT2D eigenvalue weighted by Crippen LogP contribution is 2.45. The number of hydrogen-bond acceptors (Lipinski definition) is 2. The summed E-state index contributed by atoms with van der Waals surface area (Å²) in [6, 6.07) is 11.9. The van der Waals surface area contributed by atoms with Crippen molar-refractivity contribution in [2.45, 2.75) is 18.4 Å². The van der Waals surface area contributed by atoms with Gasteiger partial charge in [-0.25, -0.2) is 0 Å². The van der Waals surface area contributed by atoms with Gasteiger partial charge in [-0.3, -0.25) is 9.48 Å². The molecule has 1 N–H and O–H groups in total. The summed E-state index contributed by atoms with van der Waals surface area (Å²) in [6.07, 6.45) is 3.64. The van der Waals surface area contributed by atoms with Crippen LogP contribution in [-0.2, 0) is 12.6 Å². The first kappa shape index (κ1) is 11.0. The number of aromatic nitrogens is 2. The van der Waals surface area contributed by atoms with Gasteiger partial charge in [-0.1, -0.05) is 30.3 Å². The lowest BCUT2D eigenvalue weighted by molar-refractivity contribution is 0.0921. The Morgan fingerprint density at radius 1 is 1.28 bits per heavy atom. The van der Waals surface area contributed by atoms with Gasteiger partial charge in [0.15, 0.2) is 0 Å². The molecule has 0 aliphatic heterocycles. The van der Waals surface area contributed by atoms with E-state index in [2.05, 4.69) is 22.5 Å². The molecule has 1 aromatic heterocycles. The minimum absolute atomic E-state index is 0.0589. The van der Waals surface area contributed by atoms with Crippen LogP contribution in [0, 0.1) is 0 Å². The number of benzene rings is 1. The predicted octanol–water partition coefficient (Wildman–Crippen LogP) is 1.84. The van der Waals surface area contributed by atoms with Gasteiger partial charge >= 0.3 is 0 Å². The molecule has 0 atom stereocenters. The number of carbonyl (C=O) groups is 1. The van der Waals surface area contributed by atoms with Crippen LogP contribution in [0.5, 0.6) is 0 Å². The van der Waals surface area contributed by atoms with Crippen molar-refractivity contribution in [1.82, 2.24) is 15.1 Å². The van der Waals surface area contributed by atoms with E-state index in [4.69, 9.17) is 0 Å². The van der Waals surface area contributed by atoms with E-state index in [0.717, 1.165) is 12.8 Å².